The molecule has 0 aromatic rings. The van der Waals surface area contributed by atoms with Gasteiger partial charge in [-0.25, -0.2) is 4.99 Å². The number of carbonyl (C=O) groups is 1. The summed E-state index contributed by atoms with van der Waals surface area (Å²) in [5.41, 5.74) is 2.23. The Bertz CT molecular complexity index is 701. The summed E-state index contributed by atoms with van der Waals surface area (Å²) in [5, 5.41) is 12.2. The normalized spacial score (nSPS) is 38.9. The van der Waals surface area contributed by atoms with Crippen molar-refractivity contribution in [3.8, 4) is 0 Å². The molecule has 0 saturated heterocycles. The smallest absolute Gasteiger partial charge is 0.258 e. The van der Waals surface area contributed by atoms with E-state index in [0.29, 0.717) is 17.2 Å². The fourth-order valence-electron chi connectivity index (χ4n) is 5.15. The van der Waals surface area contributed by atoms with Gasteiger partial charge in [0.1, 0.15) is 5.71 Å². The third-order valence-corrected chi connectivity index (χ3v) is 7.04. The Balaban J connectivity index is 1.73. The number of oxime groups is 1. The number of hydrogen-bond donors (Lipinski definition) is 1. The van der Waals surface area contributed by atoms with Crippen LogP contribution in [-0.2, 0) is 9.78 Å². The number of carbonyl (C=O) groups excluding carboxylic acids is 1. The minimum absolute atomic E-state index is 0.0320. The van der Waals surface area contributed by atoms with Gasteiger partial charge in [0, 0.05) is 17.8 Å². The monoisotopic (exact) mass is 314 g/mol. The van der Waals surface area contributed by atoms with E-state index in [2.05, 4.69) is 30.9 Å². The Hall–Kier alpha value is -1.88. The molecule has 122 valence electrons. The lowest BCUT2D eigenvalue weighted by atomic mass is 9.69. The molecule has 1 N–H and O–H groups in total. The summed E-state index contributed by atoms with van der Waals surface area (Å²) in [4.78, 5) is 18.8. The molecule has 0 radical (unpaired) electrons. The van der Waals surface area contributed by atoms with E-state index in [1.807, 2.05) is 17.2 Å². The highest BCUT2D eigenvalue weighted by molar-refractivity contribution is 6.22. The molecule has 2 fully saturated rings. The zero-order valence-electron chi connectivity index (χ0n) is 13.7. The molecule has 1 heterocycles. The van der Waals surface area contributed by atoms with E-state index in [1.54, 1.807) is 12.2 Å². The van der Waals surface area contributed by atoms with Crippen LogP contribution in [0.25, 0.3) is 0 Å². The van der Waals surface area contributed by atoms with Crippen molar-refractivity contribution in [3.63, 3.8) is 0 Å². The molecule has 3 atom stereocenters. The van der Waals surface area contributed by atoms with Crippen molar-refractivity contribution in [3.05, 3.63) is 35.6 Å². The SMILES string of the molecule is CC1(C)[C@@H]2CCC1(C)[C@@H](N1C=C3C(=CC=C/C3=N\OO)C1=O)C2. The predicted octanol–water partition coefficient (Wildman–Crippen LogP) is 3.27. The molecule has 23 heavy (non-hydrogen) atoms. The molecule has 2 saturated carbocycles. The average Bonchev–Trinajstić information content (AvgIpc) is 3.03. The Morgan fingerprint density at radius 1 is 1.35 bits per heavy atom. The predicted molar refractivity (Wildman–Crippen MR) is 86.3 cm³/mol. The summed E-state index contributed by atoms with van der Waals surface area (Å²) in [6, 6.07) is 0.221. The quantitative estimate of drug-likeness (QED) is 0.628. The molecular formula is C18H22N2O3. The highest BCUT2D eigenvalue weighted by Crippen LogP contribution is 2.67. The third-order valence-electron chi connectivity index (χ3n) is 7.04. The molecule has 1 aliphatic heterocycles. The van der Waals surface area contributed by atoms with Crippen molar-refractivity contribution in [2.75, 3.05) is 0 Å². The molecule has 2 bridgehead atoms. The maximum Gasteiger partial charge on any atom is 0.258 e. The number of hydrogen-bond acceptors (Lipinski definition) is 4. The van der Waals surface area contributed by atoms with E-state index in [9.17, 15) is 4.79 Å². The number of amides is 1. The summed E-state index contributed by atoms with van der Waals surface area (Å²) in [5.74, 6) is 0.705. The fraction of sp³-hybridized carbons (Fsp3) is 0.556. The van der Waals surface area contributed by atoms with E-state index in [4.69, 9.17) is 5.26 Å². The van der Waals surface area contributed by atoms with Crippen LogP contribution in [0, 0.1) is 16.7 Å². The maximum atomic E-state index is 12.9. The Labute approximate surface area is 135 Å². The van der Waals surface area contributed by atoms with Crippen LogP contribution < -0.4 is 0 Å². The zero-order valence-corrected chi connectivity index (χ0v) is 13.7. The second-order valence-corrected chi connectivity index (χ2v) is 7.88. The second kappa shape index (κ2) is 4.57. The van der Waals surface area contributed by atoms with Gasteiger partial charge >= 0.3 is 0 Å². The van der Waals surface area contributed by atoms with E-state index in [-0.39, 0.29) is 22.8 Å². The standard InChI is InChI=1S/C18H22N2O3/c1-17(2)11-7-8-18(17,3)15(9-11)20-10-13-12(16(20)21)5-4-6-14(13)19-23-22/h4-6,10-11,15,22H,7-9H2,1-3H3/b19-14+/t11-,15+,18?/m1/s1. The highest BCUT2D eigenvalue weighted by atomic mass is 17.2. The minimum atomic E-state index is 0.0320. The van der Waals surface area contributed by atoms with Gasteiger partial charge in [0.05, 0.1) is 5.57 Å². The third kappa shape index (κ3) is 1.71. The Morgan fingerprint density at radius 2 is 2.13 bits per heavy atom. The molecule has 1 amide bonds. The van der Waals surface area contributed by atoms with Crippen molar-refractivity contribution in [2.24, 2.45) is 21.9 Å². The van der Waals surface area contributed by atoms with Crippen LogP contribution in [0.2, 0.25) is 0 Å². The van der Waals surface area contributed by atoms with Crippen LogP contribution in [-0.4, -0.2) is 27.8 Å². The van der Waals surface area contributed by atoms with Gasteiger partial charge in [-0.2, -0.15) is 5.26 Å². The molecule has 0 spiro atoms. The first-order chi connectivity index (χ1) is 10.9. The van der Waals surface area contributed by atoms with Crippen LogP contribution in [0.1, 0.15) is 40.0 Å². The van der Waals surface area contributed by atoms with E-state index in [1.165, 1.54) is 12.8 Å². The van der Waals surface area contributed by atoms with Crippen molar-refractivity contribution < 1.29 is 15.0 Å². The summed E-state index contributed by atoms with van der Waals surface area (Å²) in [7, 11) is 0. The largest absolute Gasteiger partial charge is 0.311 e. The topological polar surface area (TPSA) is 62.1 Å². The number of allylic oxidation sites excluding steroid dienone is 3. The average molecular weight is 314 g/mol. The van der Waals surface area contributed by atoms with E-state index < -0.39 is 0 Å². The first-order valence-corrected chi connectivity index (χ1v) is 8.22. The lowest BCUT2D eigenvalue weighted by Gasteiger charge is -2.42. The van der Waals surface area contributed by atoms with Crippen molar-refractivity contribution in [1.29, 1.82) is 0 Å². The molecule has 4 aliphatic rings. The van der Waals surface area contributed by atoms with E-state index >= 15 is 0 Å². The van der Waals surface area contributed by atoms with Crippen LogP contribution in [0.15, 0.2) is 40.7 Å². The van der Waals surface area contributed by atoms with Gasteiger partial charge in [0.2, 0.25) is 0 Å². The lowest BCUT2D eigenvalue weighted by molar-refractivity contribution is -0.242. The minimum Gasteiger partial charge on any atom is -0.311 e. The summed E-state index contributed by atoms with van der Waals surface area (Å²) < 4.78 is 0. The van der Waals surface area contributed by atoms with Crippen molar-refractivity contribution in [2.45, 2.75) is 46.1 Å². The first kappa shape index (κ1) is 14.7. The number of fused-ring (bicyclic) bond motifs is 3. The van der Waals surface area contributed by atoms with Crippen LogP contribution in [0.4, 0.5) is 0 Å². The van der Waals surface area contributed by atoms with Gasteiger partial charge in [-0.05, 0) is 53.3 Å². The molecule has 5 nitrogen and oxygen atoms in total. The van der Waals surface area contributed by atoms with Gasteiger partial charge in [-0.1, -0.05) is 26.8 Å². The molecular weight excluding hydrogens is 292 g/mol. The zero-order chi connectivity index (χ0) is 16.4. The summed E-state index contributed by atoms with van der Waals surface area (Å²) >= 11 is 0. The number of rotatable bonds is 2. The van der Waals surface area contributed by atoms with Gasteiger partial charge in [-0.3, -0.25) is 4.79 Å². The molecule has 0 aromatic carbocycles. The van der Waals surface area contributed by atoms with Gasteiger partial charge in [-0.15, -0.1) is 0 Å². The molecule has 5 heteroatoms. The van der Waals surface area contributed by atoms with Gasteiger partial charge in [0.25, 0.3) is 5.91 Å². The molecule has 3 aliphatic carbocycles. The van der Waals surface area contributed by atoms with Gasteiger partial charge in [0.15, 0.2) is 0 Å². The van der Waals surface area contributed by atoms with E-state index in [0.717, 1.165) is 12.0 Å². The highest BCUT2D eigenvalue weighted by Gasteiger charge is 2.63. The summed E-state index contributed by atoms with van der Waals surface area (Å²) in [6.45, 7) is 7.02. The van der Waals surface area contributed by atoms with Crippen molar-refractivity contribution in [1.82, 2.24) is 4.90 Å². The Kier molecular flexibility index (Phi) is 2.92. The van der Waals surface area contributed by atoms with Crippen LogP contribution in [0.5, 0.6) is 0 Å². The lowest BCUT2D eigenvalue weighted by Crippen LogP contribution is -2.46. The number of nitrogens with zero attached hydrogens (tertiary/aromatic N) is 2. The van der Waals surface area contributed by atoms with Crippen LogP contribution in [0.3, 0.4) is 0 Å². The molecule has 0 aromatic heterocycles. The summed E-state index contributed by atoms with van der Waals surface area (Å²) in [6.07, 6.45) is 10.7. The molecule has 4 rings (SSSR count). The Morgan fingerprint density at radius 3 is 2.74 bits per heavy atom. The first-order valence-electron chi connectivity index (χ1n) is 8.22. The molecule has 1 unspecified atom stereocenters. The fourth-order valence-corrected chi connectivity index (χ4v) is 5.15. The maximum absolute atomic E-state index is 12.9. The van der Waals surface area contributed by atoms with Crippen molar-refractivity contribution >= 4 is 11.6 Å². The van der Waals surface area contributed by atoms with Gasteiger partial charge < -0.3 is 4.90 Å². The second-order valence-electron chi connectivity index (χ2n) is 7.88. The van der Waals surface area contributed by atoms with Crippen LogP contribution >= 0.6 is 0 Å².